The van der Waals surface area contributed by atoms with Gasteiger partial charge in [0.15, 0.2) is 5.82 Å². The van der Waals surface area contributed by atoms with Gasteiger partial charge in [-0.2, -0.15) is 5.10 Å². The van der Waals surface area contributed by atoms with Crippen LogP contribution in [0.5, 0.6) is 5.88 Å². The molecule has 0 aliphatic heterocycles. The lowest BCUT2D eigenvalue weighted by Gasteiger charge is -2.10. The van der Waals surface area contributed by atoms with Crippen LogP contribution >= 0.6 is 11.3 Å². The Kier molecular flexibility index (Phi) is 6.50. The predicted octanol–water partition coefficient (Wildman–Crippen LogP) is 2.77. The third-order valence-electron chi connectivity index (χ3n) is 5.71. The quantitative estimate of drug-likeness (QED) is 0.257. The molecule has 0 bridgehead atoms. The summed E-state index contributed by atoms with van der Waals surface area (Å²) in [4.78, 5) is 34.7. The van der Waals surface area contributed by atoms with Crippen LogP contribution in [-0.2, 0) is 11.8 Å². The van der Waals surface area contributed by atoms with Crippen LogP contribution in [0, 0.1) is 0 Å². The number of aliphatic hydroxyl groups is 1. The van der Waals surface area contributed by atoms with Gasteiger partial charge in [0.2, 0.25) is 5.88 Å². The zero-order valence-corrected chi connectivity index (χ0v) is 21.0. The number of nitrogens with one attached hydrogen (secondary N) is 1. The van der Waals surface area contributed by atoms with Crippen molar-refractivity contribution in [1.82, 2.24) is 39.1 Å². The average Bonchev–Trinajstić information content (AvgIpc) is 3.61. The third kappa shape index (κ3) is 4.59. The molecule has 0 unspecified atom stereocenters. The fourth-order valence-corrected chi connectivity index (χ4v) is 4.59. The van der Waals surface area contributed by atoms with Crippen LogP contribution in [0.15, 0.2) is 37.1 Å². The summed E-state index contributed by atoms with van der Waals surface area (Å²) in [6, 6.07) is 1.68. The second kappa shape index (κ2) is 9.91. The lowest BCUT2D eigenvalue weighted by Crippen LogP contribution is -2.05. The van der Waals surface area contributed by atoms with Gasteiger partial charge in [-0.1, -0.05) is 6.92 Å². The number of aromatic hydroxyl groups is 1. The Morgan fingerprint density at radius 2 is 2.03 bits per heavy atom. The fourth-order valence-electron chi connectivity index (χ4n) is 3.76. The summed E-state index contributed by atoms with van der Waals surface area (Å²) >= 11 is 1.18. The van der Waals surface area contributed by atoms with Gasteiger partial charge in [0, 0.05) is 25.8 Å². The van der Waals surface area contributed by atoms with E-state index in [0.29, 0.717) is 56.4 Å². The molecule has 5 aromatic heterocycles. The number of hydrogen-bond donors (Lipinski definition) is 3. The Bertz CT molecular complexity index is 1590. The number of nitrogens with zero attached hydrogens (tertiary/aromatic N) is 8. The van der Waals surface area contributed by atoms with Gasteiger partial charge in [-0.3, -0.25) is 4.40 Å². The number of ether oxygens (including phenoxy) is 1. The van der Waals surface area contributed by atoms with E-state index in [9.17, 15) is 15.0 Å². The first-order chi connectivity index (χ1) is 17.9. The molecule has 0 aromatic carbocycles. The molecule has 0 aliphatic carbocycles. The van der Waals surface area contributed by atoms with Gasteiger partial charge in [-0.25, -0.2) is 34.4 Å². The number of anilines is 2. The highest BCUT2D eigenvalue weighted by Crippen LogP contribution is 2.33. The first-order valence-corrected chi connectivity index (χ1v) is 12.1. The summed E-state index contributed by atoms with van der Waals surface area (Å²) in [5.74, 6) is 1.40. The maximum Gasteiger partial charge on any atom is 0.349 e. The van der Waals surface area contributed by atoms with E-state index >= 15 is 0 Å². The molecule has 5 heterocycles. The summed E-state index contributed by atoms with van der Waals surface area (Å²) in [6.07, 6.45) is 8.48. The molecule has 0 saturated carbocycles. The first-order valence-electron chi connectivity index (χ1n) is 11.2. The van der Waals surface area contributed by atoms with Gasteiger partial charge >= 0.3 is 5.97 Å². The van der Waals surface area contributed by atoms with Crippen molar-refractivity contribution in [1.29, 1.82) is 0 Å². The standard InChI is InChI=1S/C23H23N9O4S/c1-12(5-7-33)20-30-18(21-26-10-15(37-21)23(35)36-3)14-9-25-17(11-32(14)20)28-16-4-6-24-19(29-16)13-8-27-31(2)22(13)34/h4,6,8-12,33-34H,5,7H2,1-3H3,(H,24,28,29)/t12-/m0/s1. The second-order valence-electron chi connectivity index (χ2n) is 8.18. The molecule has 0 aliphatic rings. The molecule has 0 spiro atoms. The maximum absolute atomic E-state index is 11.9. The van der Waals surface area contributed by atoms with E-state index in [1.807, 2.05) is 11.3 Å². The van der Waals surface area contributed by atoms with Crippen molar-refractivity contribution in [3.8, 4) is 28.0 Å². The van der Waals surface area contributed by atoms with Crippen molar-refractivity contribution < 1.29 is 19.7 Å². The molecular formula is C23H23N9O4S. The Hall–Kier alpha value is -4.43. The Labute approximate surface area is 214 Å². The number of aryl methyl sites for hydroxylation is 1. The monoisotopic (exact) mass is 521 g/mol. The average molecular weight is 522 g/mol. The Morgan fingerprint density at radius 1 is 1.19 bits per heavy atom. The molecule has 1 atom stereocenters. The highest BCUT2D eigenvalue weighted by atomic mass is 32.1. The highest BCUT2D eigenvalue weighted by molar-refractivity contribution is 7.16. The van der Waals surface area contributed by atoms with E-state index in [0.717, 1.165) is 0 Å². The zero-order chi connectivity index (χ0) is 26.1. The number of methoxy groups -OCH3 is 1. The van der Waals surface area contributed by atoms with Crippen LogP contribution in [0.1, 0.15) is 34.8 Å². The molecule has 0 saturated heterocycles. The van der Waals surface area contributed by atoms with Crippen LogP contribution in [0.4, 0.5) is 11.6 Å². The van der Waals surface area contributed by atoms with Crippen LogP contribution in [0.2, 0.25) is 0 Å². The van der Waals surface area contributed by atoms with Gasteiger partial charge in [0.25, 0.3) is 0 Å². The minimum atomic E-state index is -0.463. The summed E-state index contributed by atoms with van der Waals surface area (Å²) in [5.41, 5.74) is 1.68. The summed E-state index contributed by atoms with van der Waals surface area (Å²) < 4.78 is 8.01. The number of aromatic nitrogens is 8. The van der Waals surface area contributed by atoms with E-state index in [1.54, 1.807) is 31.7 Å². The van der Waals surface area contributed by atoms with Crippen molar-refractivity contribution in [2.45, 2.75) is 19.3 Å². The normalized spacial score (nSPS) is 12.1. The molecule has 5 aromatic rings. The predicted molar refractivity (Wildman–Crippen MR) is 135 cm³/mol. The molecule has 0 amide bonds. The van der Waals surface area contributed by atoms with Crippen LogP contribution in [-0.4, -0.2) is 69.0 Å². The smallest absolute Gasteiger partial charge is 0.349 e. The lowest BCUT2D eigenvalue weighted by atomic mass is 10.1. The number of imidazole rings is 1. The third-order valence-corrected chi connectivity index (χ3v) is 6.69. The molecule has 0 radical (unpaired) electrons. The highest BCUT2D eigenvalue weighted by Gasteiger charge is 2.22. The number of aliphatic hydroxyl groups excluding tert-OH is 1. The van der Waals surface area contributed by atoms with Gasteiger partial charge in [-0.05, 0) is 12.5 Å². The molecule has 190 valence electrons. The van der Waals surface area contributed by atoms with Crippen LogP contribution in [0.25, 0.3) is 27.6 Å². The van der Waals surface area contributed by atoms with Crippen molar-refractivity contribution in [3.63, 3.8) is 0 Å². The number of hydrogen-bond acceptors (Lipinski definition) is 12. The van der Waals surface area contributed by atoms with Gasteiger partial charge in [-0.15, -0.1) is 11.3 Å². The molecule has 13 nitrogen and oxygen atoms in total. The van der Waals surface area contributed by atoms with E-state index < -0.39 is 5.97 Å². The largest absolute Gasteiger partial charge is 0.493 e. The van der Waals surface area contributed by atoms with Crippen molar-refractivity contribution in [3.05, 3.63) is 47.8 Å². The van der Waals surface area contributed by atoms with Gasteiger partial charge < -0.3 is 20.3 Å². The summed E-state index contributed by atoms with van der Waals surface area (Å²) in [7, 11) is 2.94. The molecule has 0 fully saturated rings. The van der Waals surface area contributed by atoms with E-state index in [2.05, 4.69) is 30.4 Å². The molecule has 37 heavy (non-hydrogen) atoms. The Morgan fingerprint density at radius 3 is 2.76 bits per heavy atom. The van der Waals surface area contributed by atoms with E-state index in [4.69, 9.17) is 9.72 Å². The maximum atomic E-state index is 11.9. The zero-order valence-electron chi connectivity index (χ0n) is 20.2. The topological polar surface area (TPSA) is 165 Å². The number of carbonyl (C=O) groups excluding carboxylic acids is 1. The number of esters is 1. The fraction of sp³-hybridized carbons (Fsp3) is 0.261. The van der Waals surface area contributed by atoms with Gasteiger partial charge in [0.05, 0.1) is 37.4 Å². The van der Waals surface area contributed by atoms with E-state index in [1.165, 1.54) is 35.5 Å². The van der Waals surface area contributed by atoms with Gasteiger partial charge in [0.1, 0.15) is 38.6 Å². The van der Waals surface area contributed by atoms with E-state index in [-0.39, 0.29) is 18.4 Å². The van der Waals surface area contributed by atoms with Crippen molar-refractivity contribution in [2.75, 3.05) is 19.0 Å². The molecule has 14 heteroatoms. The SMILES string of the molecule is COC(=O)c1cnc(-c2nc([C@@H](C)CCO)n3cc(Nc4ccnc(-c5cnn(C)c5O)n4)ncc23)s1. The Balaban J connectivity index is 1.53. The number of carbonyl (C=O) groups is 1. The lowest BCUT2D eigenvalue weighted by molar-refractivity contribution is 0.0606. The number of fused-ring (bicyclic) bond motifs is 1. The van der Waals surface area contributed by atoms with Crippen LogP contribution < -0.4 is 5.32 Å². The number of thiazole rings is 1. The summed E-state index contributed by atoms with van der Waals surface area (Å²) in [5, 5.41) is 27.4. The second-order valence-corrected chi connectivity index (χ2v) is 9.21. The molecule has 3 N–H and O–H groups in total. The van der Waals surface area contributed by atoms with Crippen LogP contribution in [0.3, 0.4) is 0 Å². The summed E-state index contributed by atoms with van der Waals surface area (Å²) in [6.45, 7) is 1.98. The van der Waals surface area contributed by atoms with Crippen molar-refractivity contribution in [2.24, 2.45) is 7.05 Å². The molecular weight excluding hydrogens is 498 g/mol. The van der Waals surface area contributed by atoms with Crippen molar-refractivity contribution >= 4 is 34.5 Å². The first kappa shape index (κ1) is 24.3. The minimum absolute atomic E-state index is 0.0102. The number of rotatable bonds is 8. The minimum Gasteiger partial charge on any atom is -0.493 e. The molecule has 5 rings (SSSR count).